The molecule has 306 valence electrons. The molecule has 0 spiro atoms. The third-order valence-electron chi connectivity index (χ3n) is 10.6. The molecule has 0 aliphatic carbocycles. The molecule has 0 unspecified atom stereocenters. The first-order chi connectivity index (χ1) is 30.0. The molecule has 0 saturated heterocycles. The van der Waals surface area contributed by atoms with Crippen LogP contribution in [0.15, 0.2) is 142 Å². The van der Waals surface area contributed by atoms with Gasteiger partial charge in [-0.1, -0.05) is 97.1 Å². The van der Waals surface area contributed by atoms with Gasteiger partial charge < -0.3 is 18.6 Å². The molecule has 8 aromatic carbocycles. The average Bonchev–Trinajstić information content (AvgIpc) is 3.88. The highest BCUT2D eigenvalue weighted by Gasteiger charge is 2.36. The first kappa shape index (κ1) is 38.5. The van der Waals surface area contributed by atoms with Crippen molar-refractivity contribution in [1.82, 2.24) is 0 Å². The van der Waals surface area contributed by atoms with Crippen LogP contribution in [0.5, 0.6) is 0 Å². The van der Waals surface area contributed by atoms with Crippen LogP contribution in [0.25, 0.3) is 55.0 Å². The summed E-state index contributed by atoms with van der Waals surface area (Å²) in [5.41, 5.74) is -3.33. The lowest BCUT2D eigenvalue weighted by atomic mass is 9.98. The van der Waals surface area contributed by atoms with E-state index < -0.39 is 69.5 Å². The SMILES string of the molecule is Fc1c(F)c(F)c(N(c2ccccc2-c2ccccc2N(c2c(F)c(F)c(F)c(F)c2F)c2cccc3c2oc2ccccc23)c2cccc3c2oc2ccccc23)c(F)c1F. The van der Waals surface area contributed by atoms with Gasteiger partial charge in [0.1, 0.15) is 22.5 Å². The minimum atomic E-state index is -2.41. The molecule has 2 aromatic heterocycles. The van der Waals surface area contributed by atoms with Crippen molar-refractivity contribution >= 4 is 78.0 Å². The third kappa shape index (κ3) is 5.62. The fraction of sp³-hybridized carbons (Fsp3) is 0. The largest absolute Gasteiger partial charge is 0.454 e. The van der Waals surface area contributed by atoms with Crippen molar-refractivity contribution in [3.05, 3.63) is 192 Å². The summed E-state index contributed by atoms with van der Waals surface area (Å²) < 4.78 is 168. The van der Waals surface area contributed by atoms with Crippen LogP contribution in [-0.4, -0.2) is 0 Å². The number of rotatable bonds is 7. The Morgan fingerprint density at radius 1 is 0.274 bits per heavy atom. The quantitative estimate of drug-likeness (QED) is 0.0909. The van der Waals surface area contributed by atoms with E-state index in [2.05, 4.69) is 0 Å². The van der Waals surface area contributed by atoms with Gasteiger partial charge in [0.2, 0.25) is 11.6 Å². The van der Waals surface area contributed by atoms with Crippen molar-refractivity contribution in [2.24, 2.45) is 0 Å². The topological polar surface area (TPSA) is 32.8 Å². The van der Waals surface area contributed by atoms with Crippen molar-refractivity contribution in [2.45, 2.75) is 0 Å². The Bertz CT molecular complexity index is 3190. The zero-order valence-electron chi connectivity index (χ0n) is 31.2. The molecule has 0 amide bonds. The van der Waals surface area contributed by atoms with E-state index in [4.69, 9.17) is 8.83 Å². The third-order valence-corrected chi connectivity index (χ3v) is 10.6. The van der Waals surface area contributed by atoms with E-state index in [1.54, 1.807) is 60.7 Å². The highest BCUT2D eigenvalue weighted by Crippen LogP contribution is 2.52. The normalized spacial score (nSPS) is 11.7. The number of furan rings is 2. The predicted molar refractivity (Wildman–Crippen MR) is 215 cm³/mol. The van der Waals surface area contributed by atoms with Gasteiger partial charge in [-0.05, 0) is 36.4 Å². The number of fused-ring (bicyclic) bond motifs is 6. The van der Waals surface area contributed by atoms with Crippen LogP contribution in [0.4, 0.5) is 78.0 Å². The zero-order chi connectivity index (χ0) is 43.1. The average molecular weight is 849 g/mol. The van der Waals surface area contributed by atoms with E-state index in [1.165, 1.54) is 72.8 Å². The first-order valence-electron chi connectivity index (χ1n) is 18.6. The molecule has 62 heavy (non-hydrogen) atoms. The van der Waals surface area contributed by atoms with Crippen molar-refractivity contribution in [1.29, 1.82) is 0 Å². The van der Waals surface area contributed by atoms with E-state index in [-0.39, 0.29) is 45.0 Å². The number of nitrogens with zero attached hydrogens (tertiary/aromatic N) is 2. The number of para-hydroxylation sites is 6. The monoisotopic (exact) mass is 848 g/mol. The number of hydrogen-bond acceptors (Lipinski definition) is 4. The summed E-state index contributed by atoms with van der Waals surface area (Å²) in [5.74, 6) is -22.7. The molecule has 0 aliphatic heterocycles. The second-order valence-electron chi connectivity index (χ2n) is 14.0. The van der Waals surface area contributed by atoms with Gasteiger partial charge in [0.05, 0.1) is 22.7 Å². The fourth-order valence-electron chi connectivity index (χ4n) is 7.93. The van der Waals surface area contributed by atoms with Crippen LogP contribution in [0.3, 0.4) is 0 Å². The van der Waals surface area contributed by atoms with Crippen LogP contribution < -0.4 is 9.80 Å². The molecule has 0 bridgehead atoms. The van der Waals surface area contributed by atoms with E-state index in [1.807, 2.05) is 0 Å². The zero-order valence-corrected chi connectivity index (χ0v) is 31.2. The molecule has 0 N–H and O–H groups in total. The van der Waals surface area contributed by atoms with Crippen molar-refractivity contribution in [3.63, 3.8) is 0 Å². The van der Waals surface area contributed by atoms with Gasteiger partial charge >= 0.3 is 0 Å². The lowest BCUT2D eigenvalue weighted by molar-refractivity contribution is 0.380. The number of halogens is 10. The first-order valence-corrected chi connectivity index (χ1v) is 18.6. The van der Waals surface area contributed by atoms with Crippen LogP contribution in [0.2, 0.25) is 0 Å². The van der Waals surface area contributed by atoms with Crippen LogP contribution in [0, 0.1) is 58.2 Å². The fourth-order valence-corrected chi connectivity index (χ4v) is 7.93. The molecule has 14 heteroatoms. The summed E-state index contributed by atoms with van der Waals surface area (Å²) in [4.78, 5) is 1.52. The molecule has 10 rings (SSSR count). The van der Waals surface area contributed by atoms with Gasteiger partial charge in [-0.25, -0.2) is 43.9 Å². The minimum Gasteiger partial charge on any atom is -0.454 e. The molecule has 0 saturated carbocycles. The second kappa shape index (κ2) is 14.5. The molecule has 2 heterocycles. The van der Waals surface area contributed by atoms with E-state index >= 15 is 35.1 Å². The van der Waals surface area contributed by atoms with E-state index in [0.29, 0.717) is 32.7 Å². The summed E-state index contributed by atoms with van der Waals surface area (Å²) in [7, 11) is 0. The molecule has 0 fully saturated rings. The molecule has 0 radical (unpaired) electrons. The maximum atomic E-state index is 16.2. The number of benzene rings is 8. The Kier molecular flexibility index (Phi) is 8.98. The Morgan fingerprint density at radius 2 is 0.565 bits per heavy atom. The van der Waals surface area contributed by atoms with Crippen molar-refractivity contribution in [2.75, 3.05) is 9.80 Å². The van der Waals surface area contributed by atoms with E-state index in [9.17, 15) is 8.78 Å². The number of anilines is 6. The van der Waals surface area contributed by atoms with E-state index in [0.717, 1.165) is 9.80 Å². The summed E-state index contributed by atoms with van der Waals surface area (Å²) >= 11 is 0. The van der Waals surface area contributed by atoms with Gasteiger partial charge in [-0.15, -0.1) is 0 Å². The van der Waals surface area contributed by atoms with Crippen LogP contribution in [0.1, 0.15) is 0 Å². The maximum absolute atomic E-state index is 16.2. The Labute approximate surface area is 342 Å². The molecule has 0 atom stereocenters. The van der Waals surface area contributed by atoms with Crippen LogP contribution >= 0.6 is 0 Å². The highest BCUT2D eigenvalue weighted by molar-refractivity contribution is 6.12. The Hall–Kier alpha value is -7.74. The predicted octanol–water partition coefficient (Wildman–Crippen LogP) is 15.5. The lowest BCUT2D eigenvalue weighted by Gasteiger charge is -2.31. The number of hydrogen-bond donors (Lipinski definition) is 0. The van der Waals surface area contributed by atoms with Crippen molar-refractivity contribution in [3.8, 4) is 11.1 Å². The maximum Gasteiger partial charge on any atom is 0.200 e. The standard InChI is InChI=1S/C48H22F10N2O2/c49-35-37(51)41(55)45(42(56)38(35)52)59(31-19-9-15-27-25-13-3-7-21-33(25)61-47(27)31)29-17-5-1-11-23(29)24-12-2-6-18-30(24)60(46-43(57)39(53)36(50)40(54)44(46)58)32-20-10-16-28-26-14-4-8-22-34(26)62-48(28)32/h1-22H. The molecular formula is C48H22F10N2O2. The van der Waals surface area contributed by atoms with Gasteiger partial charge in [0, 0.05) is 32.7 Å². The molecule has 0 aliphatic rings. The summed E-state index contributed by atoms with van der Waals surface area (Å²) in [6, 6.07) is 33.3. The highest BCUT2D eigenvalue weighted by atomic mass is 19.2. The second-order valence-corrected chi connectivity index (χ2v) is 14.0. The summed E-state index contributed by atoms with van der Waals surface area (Å²) in [6.45, 7) is 0. The van der Waals surface area contributed by atoms with Gasteiger partial charge in [-0.3, -0.25) is 0 Å². The van der Waals surface area contributed by atoms with Crippen molar-refractivity contribution < 1.29 is 52.7 Å². The molecular weight excluding hydrogens is 827 g/mol. The summed E-state index contributed by atoms with van der Waals surface area (Å²) in [5, 5.41) is 1.92. The summed E-state index contributed by atoms with van der Waals surface area (Å²) in [6.07, 6.45) is 0. The Morgan fingerprint density at radius 3 is 0.952 bits per heavy atom. The van der Waals surface area contributed by atoms with Crippen LogP contribution in [-0.2, 0) is 0 Å². The smallest absolute Gasteiger partial charge is 0.200 e. The lowest BCUT2D eigenvalue weighted by Crippen LogP contribution is -2.19. The van der Waals surface area contributed by atoms with Gasteiger partial charge in [0.25, 0.3) is 0 Å². The van der Waals surface area contributed by atoms with Gasteiger partial charge in [0.15, 0.2) is 57.7 Å². The minimum absolute atomic E-state index is 0.0275. The molecule has 4 nitrogen and oxygen atoms in total. The Balaban J connectivity index is 1.31. The van der Waals surface area contributed by atoms with Gasteiger partial charge in [-0.2, -0.15) is 0 Å². The molecule has 10 aromatic rings.